The van der Waals surface area contributed by atoms with Crippen molar-refractivity contribution in [2.24, 2.45) is 10.7 Å². The summed E-state index contributed by atoms with van der Waals surface area (Å²) in [6.45, 7) is 3.48. The number of nitrogens with two attached hydrogens (primary N) is 1. The summed E-state index contributed by atoms with van der Waals surface area (Å²) in [6.07, 6.45) is -2.87. The lowest BCUT2D eigenvalue weighted by molar-refractivity contribution is -0.135. The van der Waals surface area contributed by atoms with Crippen LogP contribution < -0.4 is 11.1 Å². The molecule has 0 aliphatic heterocycles. The molecule has 39 heavy (non-hydrogen) atoms. The fourth-order valence-electron chi connectivity index (χ4n) is 3.94. The molecular weight excluding hydrogens is 531 g/mol. The number of alkyl halides is 3. The van der Waals surface area contributed by atoms with Crippen LogP contribution in [-0.2, 0) is 4.74 Å². The molecule has 2 amide bonds. The molecule has 0 saturated carbocycles. The summed E-state index contributed by atoms with van der Waals surface area (Å²) in [6, 6.07) is 12.7. The van der Waals surface area contributed by atoms with E-state index < -0.39 is 25.2 Å². The third-order valence-corrected chi connectivity index (χ3v) is 6.13. The molecule has 1 aliphatic carbocycles. The minimum absolute atomic E-state index is 0.144. The fourth-order valence-corrected chi connectivity index (χ4v) is 4.06. The molecule has 4 N–H and O–H groups in total. The van der Waals surface area contributed by atoms with Gasteiger partial charge in [-0.3, -0.25) is 10.3 Å². The Labute approximate surface area is 230 Å². The van der Waals surface area contributed by atoms with Crippen LogP contribution in [0.25, 0.3) is 0 Å². The van der Waals surface area contributed by atoms with Gasteiger partial charge in [0.25, 0.3) is 0 Å². The molecular formula is C28H31ClF3N5O2. The van der Waals surface area contributed by atoms with Crippen LogP contribution in [0.3, 0.4) is 0 Å². The van der Waals surface area contributed by atoms with Gasteiger partial charge in [0.05, 0.1) is 36.7 Å². The van der Waals surface area contributed by atoms with Crippen LogP contribution in [0.5, 0.6) is 0 Å². The van der Waals surface area contributed by atoms with E-state index in [0.29, 0.717) is 41.5 Å². The molecule has 0 fully saturated rings. The van der Waals surface area contributed by atoms with E-state index in [-0.39, 0.29) is 17.9 Å². The van der Waals surface area contributed by atoms with Crippen molar-refractivity contribution in [1.82, 2.24) is 10.2 Å². The lowest BCUT2D eigenvalue weighted by Gasteiger charge is -2.25. The first kappa shape index (κ1) is 29.8. The quantitative estimate of drug-likeness (QED) is 0.249. The Kier molecular flexibility index (Phi) is 10.2. The van der Waals surface area contributed by atoms with Crippen LogP contribution >= 0.6 is 11.6 Å². The van der Waals surface area contributed by atoms with Crippen molar-refractivity contribution in [1.29, 1.82) is 5.41 Å². The summed E-state index contributed by atoms with van der Waals surface area (Å²) in [4.78, 5) is 18.5. The molecule has 0 unspecified atom stereocenters. The number of hydrogen-bond donors (Lipinski definition) is 3. The first-order valence-electron chi connectivity index (χ1n) is 12.4. The topological polar surface area (TPSA) is 104 Å². The second-order valence-electron chi connectivity index (χ2n) is 8.91. The Morgan fingerprint density at radius 1 is 1.21 bits per heavy atom. The van der Waals surface area contributed by atoms with Crippen LogP contribution in [-0.4, -0.2) is 48.4 Å². The van der Waals surface area contributed by atoms with E-state index in [2.05, 4.69) is 5.32 Å². The number of aliphatic imine (C=N–C) groups is 1. The Balaban J connectivity index is 1.84. The lowest BCUT2D eigenvalue weighted by atomic mass is 9.95. The number of nitrogens with zero attached hydrogens (tertiary/aromatic N) is 2. The zero-order chi connectivity index (χ0) is 28.6. The van der Waals surface area contributed by atoms with Crippen molar-refractivity contribution in [2.45, 2.75) is 39.3 Å². The number of amides is 2. The SMILES string of the molecule is CCOC1=CC(=Nc2cccc(C)c2)/C(=C(\N)CNC(=O)N(CCC(F)(F)F)C(=N)c2ccc(Cl)cc2)CC1. The zero-order valence-corrected chi connectivity index (χ0v) is 22.5. The third kappa shape index (κ3) is 8.88. The average Bonchev–Trinajstić information content (AvgIpc) is 2.87. The molecule has 11 heteroatoms. The van der Waals surface area contributed by atoms with E-state index in [4.69, 9.17) is 32.5 Å². The molecule has 2 aromatic carbocycles. The smallest absolute Gasteiger partial charge is 0.390 e. The molecule has 0 radical (unpaired) electrons. The molecule has 0 aromatic heterocycles. The van der Waals surface area contributed by atoms with Gasteiger partial charge in [0, 0.05) is 35.3 Å². The van der Waals surface area contributed by atoms with Crippen LogP contribution in [0.15, 0.2) is 76.6 Å². The predicted octanol–water partition coefficient (Wildman–Crippen LogP) is 6.64. The van der Waals surface area contributed by atoms with E-state index in [1.165, 1.54) is 24.3 Å². The summed E-state index contributed by atoms with van der Waals surface area (Å²) >= 11 is 5.88. The van der Waals surface area contributed by atoms with Crippen molar-refractivity contribution in [3.8, 4) is 0 Å². The van der Waals surface area contributed by atoms with Crippen LogP contribution in [0, 0.1) is 12.3 Å². The number of benzene rings is 2. The zero-order valence-electron chi connectivity index (χ0n) is 21.7. The third-order valence-electron chi connectivity index (χ3n) is 5.88. The summed E-state index contributed by atoms with van der Waals surface area (Å²) in [5.74, 6) is 0.377. The highest BCUT2D eigenvalue weighted by Crippen LogP contribution is 2.26. The molecule has 2 aromatic rings. The number of carbonyl (C=O) groups excluding carboxylic acids is 1. The number of halogens is 4. The molecule has 0 saturated heterocycles. The summed E-state index contributed by atoms with van der Waals surface area (Å²) < 4.78 is 44.6. The van der Waals surface area contributed by atoms with Gasteiger partial charge >= 0.3 is 12.2 Å². The van der Waals surface area contributed by atoms with Gasteiger partial charge in [-0.15, -0.1) is 0 Å². The monoisotopic (exact) mass is 561 g/mol. The van der Waals surface area contributed by atoms with Crippen LogP contribution in [0.1, 0.15) is 37.3 Å². The van der Waals surface area contributed by atoms with Crippen LogP contribution in [0.2, 0.25) is 5.02 Å². The number of rotatable bonds is 8. The summed E-state index contributed by atoms with van der Waals surface area (Å²) in [5, 5.41) is 11.4. The first-order valence-corrected chi connectivity index (χ1v) is 12.8. The molecule has 7 nitrogen and oxygen atoms in total. The van der Waals surface area contributed by atoms with Gasteiger partial charge in [-0.05, 0) is 67.8 Å². The summed E-state index contributed by atoms with van der Waals surface area (Å²) in [5.41, 5.74) is 10.00. The van der Waals surface area contributed by atoms with E-state index in [0.717, 1.165) is 21.9 Å². The molecule has 0 spiro atoms. The number of urea groups is 1. The van der Waals surface area contributed by atoms with Crippen LogP contribution in [0.4, 0.5) is 23.7 Å². The van der Waals surface area contributed by atoms with Crippen molar-refractivity contribution in [2.75, 3.05) is 19.7 Å². The minimum Gasteiger partial charge on any atom is -0.498 e. The molecule has 0 atom stereocenters. The highest BCUT2D eigenvalue weighted by atomic mass is 35.5. The number of aryl methyl sites for hydroxylation is 1. The number of amidine groups is 1. The maximum absolute atomic E-state index is 13.0. The standard InChI is InChI=1S/C28H31ClF3N5O2/c1-3-39-22-11-12-23(25(16-22)36-21-6-4-5-18(2)15-21)24(33)17-35-27(38)37(14-13-28(30,31)32)26(34)19-7-9-20(29)10-8-19/h4-10,15-16,34H,3,11-14,17,33H2,1-2H3,(H,35,38)/b24-23-,34-26?,36-25?. The lowest BCUT2D eigenvalue weighted by Crippen LogP contribution is -2.46. The fraction of sp³-hybridized carbons (Fsp3) is 0.321. The minimum atomic E-state index is -4.51. The Bertz CT molecular complexity index is 1290. The van der Waals surface area contributed by atoms with Crippen molar-refractivity contribution < 1.29 is 22.7 Å². The van der Waals surface area contributed by atoms with Crippen molar-refractivity contribution in [3.63, 3.8) is 0 Å². The highest BCUT2D eigenvalue weighted by Gasteiger charge is 2.31. The van der Waals surface area contributed by atoms with Gasteiger partial charge in [-0.25, -0.2) is 9.79 Å². The number of carbonyl (C=O) groups is 1. The van der Waals surface area contributed by atoms with Crippen molar-refractivity contribution >= 4 is 34.9 Å². The van der Waals surface area contributed by atoms with Gasteiger partial charge in [0.1, 0.15) is 5.84 Å². The average molecular weight is 562 g/mol. The van der Waals surface area contributed by atoms with E-state index in [9.17, 15) is 18.0 Å². The van der Waals surface area contributed by atoms with Gasteiger partial charge in [0.2, 0.25) is 0 Å². The molecule has 0 bridgehead atoms. The molecule has 208 valence electrons. The van der Waals surface area contributed by atoms with Crippen molar-refractivity contribution in [3.05, 3.63) is 87.8 Å². The molecule has 3 rings (SSSR count). The Morgan fingerprint density at radius 2 is 1.92 bits per heavy atom. The Hall–Kier alpha value is -3.79. The van der Waals surface area contributed by atoms with Gasteiger partial charge in [-0.1, -0.05) is 23.7 Å². The largest absolute Gasteiger partial charge is 0.498 e. The maximum atomic E-state index is 13.0. The molecule has 1 aliphatic rings. The highest BCUT2D eigenvalue weighted by molar-refractivity contribution is 6.30. The van der Waals surface area contributed by atoms with E-state index in [1.807, 2.05) is 44.2 Å². The second kappa shape index (κ2) is 13.3. The van der Waals surface area contributed by atoms with Gasteiger partial charge < -0.3 is 15.8 Å². The molecule has 0 heterocycles. The maximum Gasteiger partial charge on any atom is 0.390 e. The Morgan fingerprint density at radius 3 is 2.56 bits per heavy atom. The number of ether oxygens (including phenoxy) is 1. The predicted molar refractivity (Wildman–Crippen MR) is 147 cm³/mol. The van der Waals surface area contributed by atoms with Gasteiger partial charge in [-0.2, -0.15) is 13.2 Å². The van der Waals surface area contributed by atoms with Gasteiger partial charge in [0.15, 0.2) is 0 Å². The number of allylic oxidation sites excluding steroid dienone is 3. The normalized spacial score (nSPS) is 15.9. The summed E-state index contributed by atoms with van der Waals surface area (Å²) in [7, 11) is 0. The van der Waals surface area contributed by atoms with E-state index >= 15 is 0 Å². The second-order valence-corrected chi connectivity index (χ2v) is 9.35. The number of hydrogen-bond acceptors (Lipinski definition) is 5. The first-order chi connectivity index (χ1) is 18.5. The van der Waals surface area contributed by atoms with E-state index in [1.54, 1.807) is 0 Å². The number of nitrogens with one attached hydrogen (secondary N) is 2.